The number of nitrogens with zero attached hydrogens (tertiary/aromatic N) is 2. The normalized spacial score (nSPS) is 10.5. The molecular weight excluding hydrogens is 246 g/mol. The zero-order valence-corrected chi connectivity index (χ0v) is 9.74. The Morgan fingerprint density at radius 2 is 1.95 bits per heavy atom. The van der Waals surface area contributed by atoms with E-state index in [0.29, 0.717) is 11.5 Å². The van der Waals surface area contributed by atoms with E-state index in [4.69, 9.17) is 4.74 Å². The molecule has 0 amide bonds. The molecule has 0 saturated carbocycles. The van der Waals surface area contributed by atoms with Crippen LogP contribution in [0.25, 0.3) is 11.0 Å². The van der Waals surface area contributed by atoms with E-state index < -0.39 is 4.92 Å². The Balaban J connectivity index is 1.85. The molecule has 0 saturated heterocycles. The van der Waals surface area contributed by atoms with Gasteiger partial charge in [-0.05, 0) is 24.3 Å². The SMILES string of the molecule is O=[N+]([O-])c1ccc(Oc2cnc3[nH]ccc3c2)cc1. The molecule has 2 heterocycles. The van der Waals surface area contributed by atoms with Gasteiger partial charge in [-0.15, -0.1) is 0 Å². The van der Waals surface area contributed by atoms with Gasteiger partial charge in [0.05, 0.1) is 11.1 Å². The maximum Gasteiger partial charge on any atom is 0.269 e. The van der Waals surface area contributed by atoms with Gasteiger partial charge in [-0.25, -0.2) is 4.98 Å². The topological polar surface area (TPSA) is 81.1 Å². The Kier molecular flexibility index (Phi) is 2.60. The summed E-state index contributed by atoms with van der Waals surface area (Å²) in [5, 5.41) is 11.5. The van der Waals surface area contributed by atoms with Crippen LogP contribution in [0.4, 0.5) is 5.69 Å². The highest BCUT2D eigenvalue weighted by Crippen LogP contribution is 2.25. The summed E-state index contributed by atoms with van der Waals surface area (Å²) < 4.78 is 5.59. The van der Waals surface area contributed by atoms with Crippen LogP contribution in [-0.2, 0) is 0 Å². The zero-order chi connectivity index (χ0) is 13.2. The number of nitrogens with one attached hydrogen (secondary N) is 1. The Morgan fingerprint density at radius 3 is 2.68 bits per heavy atom. The molecule has 3 aromatic rings. The molecule has 3 rings (SSSR count). The second kappa shape index (κ2) is 4.41. The van der Waals surface area contributed by atoms with Crippen molar-refractivity contribution in [3.8, 4) is 11.5 Å². The van der Waals surface area contributed by atoms with Crippen molar-refractivity contribution in [2.45, 2.75) is 0 Å². The molecule has 0 aliphatic heterocycles. The number of benzene rings is 1. The molecule has 6 nitrogen and oxygen atoms in total. The van der Waals surface area contributed by atoms with Crippen molar-refractivity contribution >= 4 is 16.7 Å². The molecule has 0 spiro atoms. The van der Waals surface area contributed by atoms with E-state index in [9.17, 15) is 10.1 Å². The van der Waals surface area contributed by atoms with Crippen LogP contribution >= 0.6 is 0 Å². The number of H-pyrrole nitrogens is 1. The number of rotatable bonds is 3. The number of nitro benzene ring substituents is 1. The van der Waals surface area contributed by atoms with Crippen LogP contribution in [-0.4, -0.2) is 14.9 Å². The predicted molar refractivity (Wildman–Crippen MR) is 69.3 cm³/mol. The van der Waals surface area contributed by atoms with Crippen molar-refractivity contribution in [3.05, 3.63) is 58.9 Å². The van der Waals surface area contributed by atoms with Gasteiger partial charge in [0, 0.05) is 23.7 Å². The zero-order valence-electron chi connectivity index (χ0n) is 9.74. The van der Waals surface area contributed by atoms with E-state index in [1.807, 2.05) is 12.1 Å². The van der Waals surface area contributed by atoms with Crippen LogP contribution < -0.4 is 4.74 Å². The predicted octanol–water partition coefficient (Wildman–Crippen LogP) is 3.26. The van der Waals surface area contributed by atoms with Crippen molar-refractivity contribution in [2.24, 2.45) is 0 Å². The molecule has 0 aliphatic carbocycles. The fourth-order valence-corrected chi connectivity index (χ4v) is 1.75. The molecule has 0 bridgehead atoms. The van der Waals surface area contributed by atoms with Crippen LogP contribution in [0.15, 0.2) is 48.8 Å². The summed E-state index contributed by atoms with van der Waals surface area (Å²) in [6, 6.07) is 9.65. The van der Waals surface area contributed by atoms with Gasteiger partial charge >= 0.3 is 0 Å². The third-order valence-corrected chi connectivity index (χ3v) is 2.66. The van der Waals surface area contributed by atoms with Crippen LogP contribution in [0, 0.1) is 10.1 Å². The summed E-state index contributed by atoms with van der Waals surface area (Å²) in [7, 11) is 0. The van der Waals surface area contributed by atoms with Crippen molar-refractivity contribution in [1.29, 1.82) is 0 Å². The summed E-state index contributed by atoms with van der Waals surface area (Å²) in [4.78, 5) is 17.3. The highest BCUT2D eigenvalue weighted by Gasteiger charge is 2.06. The number of pyridine rings is 1. The van der Waals surface area contributed by atoms with E-state index in [0.717, 1.165) is 11.0 Å². The fraction of sp³-hybridized carbons (Fsp3) is 0. The van der Waals surface area contributed by atoms with Gasteiger partial charge in [-0.2, -0.15) is 0 Å². The van der Waals surface area contributed by atoms with Gasteiger partial charge in [0.25, 0.3) is 5.69 Å². The fourth-order valence-electron chi connectivity index (χ4n) is 1.75. The third kappa shape index (κ3) is 2.23. The molecule has 0 atom stereocenters. The second-order valence-electron chi connectivity index (χ2n) is 3.94. The number of ether oxygens (including phenoxy) is 1. The van der Waals surface area contributed by atoms with Gasteiger partial charge in [-0.1, -0.05) is 0 Å². The number of non-ortho nitro benzene ring substituents is 1. The summed E-state index contributed by atoms with van der Waals surface area (Å²) in [6.45, 7) is 0. The Morgan fingerprint density at radius 1 is 1.16 bits per heavy atom. The first-order valence-electron chi connectivity index (χ1n) is 5.58. The number of nitro groups is 1. The minimum Gasteiger partial charge on any atom is -0.456 e. The van der Waals surface area contributed by atoms with Crippen LogP contribution in [0.3, 0.4) is 0 Å². The van der Waals surface area contributed by atoms with Crippen molar-refractivity contribution in [3.63, 3.8) is 0 Å². The molecule has 0 radical (unpaired) electrons. The first-order chi connectivity index (χ1) is 9.22. The summed E-state index contributed by atoms with van der Waals surface area (Å²) >= 11 is 0. The number of hydrogen-bond donors (Lipinski definition) is 1. The van der Waals surface area contributed by atoms with Crippen molar-refractivity contribution < 1.29 is 9.66 Å². The molecule has 19 heavy (non-hydrogen) atoms. The van der Waals surface area contributed by atoms with Crippen LogP contribution in [0.2, 0.25) is 0 Å². The van der Waals surface area contributed by atoms with Crippen molar-refractivity contribution in [2.75, 3.05) is 0 Å². The molecule has 6 heteroatoms. The lowest BCUT2D eigenvalue weighted by molar-refractivity contribution is -0.384. The summed E-state index contributed by atoms with van der Waals surface area (Å²) in [5.74, 6) is 1.11. The summed E-state index contributed by atoms with van der Waals surface area (Å²) in [5.41, 5.74) is 0.822. The third-order valence-electron chi connectivity index (χ3n) is 2.66. The number of hydrogen-bond acceptors (Lipinski definition) is 4. The Hall–Kier alpha value is -2.89. The Labute approximate surface area is 107 Å². The lowest BCUT2D eigenvalue weighted by atomic mass is 10.3. The first-order valence-corrected chi connectivity index (χ1v) is 5.58. The minimum absolute atomic E-state index is 0.0339. The number of aromatic nitrogens is 2. The average Bonchev–Trinajstić information content (AvgIpc) is 2.87. The van der Waals surface area contributed by atoms with E-state index in [-0.39, 0.29) is 5.69 Å². The van der Waals surface area contributed by atoms with E-state index in [2.05, 4.69) is 9.97 Å². The van der Waals surface area contributed by atoms with Gasteiger partial charge in [0.2, 0.25) is 0 Å². The quantitative estimate of drug-likeness (QED) is 0.575. The van der Waals surface area contributed by atoms with Crippen LogP contribution in [0.5, 0.6) is 11.5 Å². The standard InChI is InChI=1S/C13H9N3O3/c17-16(18)10-1-3-11(4-2-10)19-12-7-9-5-6-14-13(9)15-8-12/h1-8H,(H,14,15). The second-order valence-corrected chi connectivity index (χ2v) is 3.94. The molecule has 0 unspecified atom stereocenters. The molecule has 1 N–H and O–H groups in total. The van der Waals surface area contributed by atoms with Gasteiger partial charge < -0.3 is 9.72 Å². The number of aromatic amines is 1. The molecule has 2 aromatic heterocycles. The lowest BCUT2D eigenvalue weighted by Gasteiger charge is -2.04. The smallest absolute Gasteiger partial charge is 0.269 e. The van der Waals surface area contributed by atoms with Crippen molar-refractivity contribution in [1.82, 2.24) is 9.97 Å². The number of fused-ring (bicyclic) bond motifs is 1. The highest BCUT2D eigenvalue weighted by atomic mass is 16.6. The molecular formula is C13H9N3O3. The van der Waals surface area contributed by atoms with Crippen LogP contribution in [0.1, 0.15) is 0 Å². The monoisotopic (exact) mass is 255 g/mol. The minimum atomic E-state index is -0.447. The van der Waals surface area contributed by atoms with Gasteiger partial charge in [0.15, 0.2) is 0 Å². The largest absolute Gasteiger partial charge is 0.456 e. The summed E-state index contributed by atoms with van der Waals surface area (Å²) in [6.07, 6.45) is 3.40. The maximum absolute atomic E-state index is 10.5. The van der Waals surface area contributed by atoms with E-state index in [1.165, 1.54) is 12.1 Å². The molecule has 0 aliphatic rings. The van der Waals surface area contributed by atoms with Gasteiger partial charge in [-0.3, -0.25) is 10.1 Å². The molecule has 0 fully saturated rings. The van der Waals surface area contributed by atoms with Gasteiger partial charge in [0.1, 0.15) is 17.1 Å². The van der Waals surface area contributed by atoms with E-state index >= 15 is 0 Å². The van der Waals surface area contributed by atoms with E-state index in [1.54, 1.807) is 24.5 Å². The average molecular weight is 255 g/mol. The molecule has 94 valence electrons. The maximum atomic E-state index is 10.5. The molecule has 1 aromatic carbocycles. The Bertz CT molecular complexity index is 734. The lowest BCUT2D eigenvalue weighted by Crippen LogP contribution is -1.89. The first kappa shape index (κ1) is 11.2. The highest BCUT2D eigenvalue weighted by molar-refractivity contribution is 5.76.